The number of benzene rings is 2. The summed E-state index contributed by atoms with van der Waals surface area (Å²) < 4.78 is 61.6. The number of pyridine rings is 1. The average Bonchev–Trinajstić information content (AvgIpc) is 2.85. The van der Waals surface area contributed by atoms with E-state index in [0.29, 0.717) is 23.2 Å². The second-order valence-corrected chi connectivity index (χ2v) is 9.16. The zero-order valence-electron chi connectivity index (χ0n) is 20.8. The lowest BCUT2D eigenvalue weighted by Gasteiger charge is -2.14. The van der Waals surface area contributed by atoms with Crippen molar-refractivity contribution in [3.63, 3.8) is 0 Å². The van der Waals surface area contributed by atoms with Crippen LogP contribution < -0.4 is 26.3 Å². The molecule has 1 unspecified atom stereocenters. The zero-order chi connectivity index (χ0) is 28.7. The van der Waals surface area contributed by atoms with E-state index >= 15 is 0 Å². The summed E-state index contributed by atoms with van der Waals surface area (Å²) >= 11 is -2.36. The Hall–Kier alpha value is -4.01. The summed E-state index contributed by atoms with van der Waals surface area (Å²) in [4.78, 5) is 26.1. The number of fused-ring (bicyclic) bond motifs is 1. The van der Waals surface area contributed by atoms with Crippen LogP contribution in [0.1, 0.15) is 20.3 Å². The van der Waals surface area contributed by atoms with Crippen LogP contribution in [0, 0.1) is 5.92 Å². The van der Waals surface area contributed by atoms with Crippen molar-refractivity contribution in [2.24, 2.45) is 11.1 Å². The highest BCUT2D eigenvalue weighted by molar-refractivity contribution is 7.76. The number of ether oxygens (including phenoxy) is 1. The number of hydrogen-bond donors (Lipinski definition) is 2. The van der Waals surface area contributed by atoms with E-state index in [0.717, 1.165) is 23.2 Å². The van der Waals surface area contributed by atoms with Crippen molar-refractivity contribution in [3.05, 3.63) is 87.6 Å². The predicted octanol–water partition coefficient (Wildman–Crippen LogP) is 3.97. The Morgan fingerprint density at radius 1 is 1.03 bits per heavy atom. The quantitative estimate of drug-likeness (QED) is 0.323. The maximum absolute atomic E-state index is 13.1. The average molecular weight is 565 g/mol. The molecule has 4 rings (SSSR count). The molecule has 3 N–H and O–H groups in total. The zero-order valence-corrected chi connectivity index (χ0v) is 21.7. The van der Waals surface area contributed by atoms with Gasteiger partial charge in [0, 0.05) is 29.4 Å². The normalized spacial score (nSPS) is 12.1. The van der Waals surface area contributed by atoms with Crippen LogP contribution in [0.25, 0.3) is 16.5 Å². The van der Waals surface area contributed by atoms with Crippen LogP contribution in [0.15, 0.2) is 76.4 Å². The van der Waals surface area contributed by atoms with Gasteiger partial charge in [0.15, 0.2) is 5.82 Å². The number of nitrogens with two attached hydrogens (primary N) is 1. The molecule has 0 spiro atoms. The molecule has 2 aromatic heterocycles. The number of halogens is 3. The van der Waals surface area contributed by atoms with Crippen LogP contribution in [-0.2, 0) is 17.8 Å². The van der Waals surface area contributed by atoms with Crippen molar-refractivity contribution < 1.29 is 26.7 Å². The van der Waals surface area contributed by atoms with E-state index in [2.05, 4.69) is 34.1 Å². The Labute approximate surface area is 223 Å². The van der Waals surface area contributed by atoms with Crippen LogP contribution in [0.3, 0.4) is 0 Å². The number of rotatable bonds is 7. The van der Waals surface area contributed by atoms with E-state index in [4.69, 9.17) is 8.76 Å². The minimum atomic E-state index is -4.83. The molecule has 0 saturated heterocycles. The smallest absolute Gasteiger partial charge is 0.573 e. The van der Waals surface area contributed by atoms with E-state index < -0.39 is 28.9 Å². The molecule has 0 aliphatic heterocycles. The number of aromatic nitrogens is 3. The molecule has 0 radical (unpaired) electrons. The van der Waals surface area contributed by atoms with Gasteiger partial charge in [-0.3, -0.25) is 18.9 Å². The first-order chi connectivity index (χ1) is 18.4. The highest BCUT2D eigenvalue weighted by Crippen LogP contribution is 2.25. The number of anilines is 2. The molecule has 0 aliphatic rings. The first-order valence-corrected chi connectivity index (χ1v) is 12.7. The van der Waals surface area contributed by atoms with Crippen LogP contribution in [-0.4, -0.2) is 29.5 Å². The summed E-state index contributed by atoms with van der Waals surface area (Å²) in [6.45, 7) is 4.72. The van der Waals surface area contributed by atoms with Gasteiger partial charge in [-0.1, -0.05) is 32.0 Å². The molecule has 2 aromatic carbocycles. The molecule has 10 nitrogen and oxygen atoms in total. The van der Waals surface area contributed by atoms with E-state index in [-0.39, 0.29) is 22.8 Å². The van der Waals surface area contributed by atoms with E-state index in [9.17, 15) is 22.8 Å². The fourth-order valence-corrected chi connectivity index (χ4v) is 3.58. The number of hydrogen-bond acceptors (Lipinski definition) is 7. The van der Waals surface area contributed by atoms with E-state index in [1.54, 1.807) is 47.2 Å². The predicted molar refractivity (Wildman–Crippen MR) is 141 cm³/mol. The first kappa shape index (κ1) is 29.5. The first-order valence-electron chi connectivity index (χ1n) is 11.5. The van der Waals surface area contributed by atoms with Crippen LogP contribution in [0.2, 0.25) is 0 Å². The lowest BCUT2D eigenvalue weighted by atomic mass is 10.1. The minimum absolute atomic E-state index is 0.231. The molecule has 4 aromatic rings. The number of nitrogens with one attached hydrogen (secondary N) is 1. The number of nitrogens with zero attached hydrogens (tertiary/aromatic N) is 3. The second kappa shape index (κ2) is 12.7. The molecule has 0 amide bonds. The Bertz CT molecular complexity index is 1570. The molecular weight excluding hydrogens is 539 g/mol. The largest absolute Gasteiger partial charge is 0.760 e. The molecule has 0 aliphatic carbocycles. The second-order valence-electron chi connectivity index (χ2n) is 8.64. The highest BCUT2D eigenvalue weighted by Gasteiger charge is 2.31. The van der Waals surface area contributed by atoms with Gasteiger partial charge in [-0.25, -0.2) is 0 Å². The van der Waals surface area contributed by atoms with Gasteiger partial charge in [0.05, 0.1) is 11.1 Å². The molecule has 208 valence electrons. The lowest BCUT2D eigenvalue weighted by Crippen LogP contribution is -2.25. The Kier molecular flexibility index (Phi) is 9.61. The number of aryl methyl sites for hydroxylation is 1. The Morgan fingerprint density at radius 2 is 1.64 bits per heavy atom. The van der Waals surface area contributed by atoms with Crippen molar-refractivity contribution >= 4 is 33.5 Å². The third-order valence-corrected chi connectivity index (χ3v) is 5.34. The Morgan fingerprint density at radius 3 is 2.23 bits per heavy atom. The van der Waals surface area contributed by atoms with Gasteiger partial charge in [0.25, 0.3) is 11.1 Å². The summed E-state index contributed by atoms with van der Waals surface area (Å²) in [5, 5.41) is 12.3. The topological polar surface area (TPSA) is 144 Å². The molecule has 0 saturated carbocycles. The molecule has 0 bridgehead atoms. The van der Waals surface area contributed by atoms with E-state index in [1.807, 2.05) is 0 Å². The van der Waals surface area contributed by atoms with Gasteiger partial charge in [-0.15, -0.1) is 18.3 Å². The van der Waals surface area contributed by atoms with Crippen molar-refractivity contribution in [1.82, 2.24) is 14.3 Å². The summed E-state index contributed by atoms with van der Waals surface area (Å²) in [6.07, 6.45) is -2.27. The third kappa shape index (κ3) is 8.24. The lowest BCUT2D eigenvalue weighted by molar-refractivity contribution is -0.274. The fourth-order valence-electron chi connectivity index (χ4n) is 3.58. The summed E-state index contributed by atoms with van der Waals surface area (Å²) in [7, 11) is 0. The van der Waals surface area contributed by atoms with Gasteiger partial charge in [0.1, 0.15) is 11.4 Å². The van der Waals surface area contributed by atoms with Crippen molar-refractivity contribution in [1.29, 1.82) is 0 Å². The van der Waals surface area contributed by atoms with E-state index in [1.165, 1.54) is 12.1 Å². The monoisotopic (exact) mass is 564 g/mol. The maximum Gasteiger partial charge on any atom is 0.573 e. The molecule has 14 heteroatoms. The van der Waals surface area contributed by atoms with Gasteiger partial charge in [-0.05, 0) is 54.8 Å². The van der Waals surface area contributed by atoms with Gasteiger partial charge < -0.3 is 19.2 Å². The van der Waals surface area contributed by atoms with Crippen LogP contribution in [0.5, 0.6) is 5.75 Å². The maximum atomic E-state index is 13.1. The molecule has 1 atom stereocenters. The molecular formula is C25H25F3N5O5S-. The fraction of sp³-hybridized carbons (Fsp3) is 0.240. The molecule has 39 heavy (non-hydrogen) atoms. The summed E-state index contributed by atoms with van der Waals surface area (Å²) in [6, 6.07) is 14.9. The molecule has 0 fully saturated rings. The minimum Gasteiger partial charge on any atom is -0.760 e. The van der Waals surface area contributed by atoms with Gasteiger partial charge in [0.2, 0.25) is 0 Å². The third-order valence-electron chi connectivity index (χ3n) is 5.34. The van der Waals surface area contributed by atoms with Crippen molar-refractivity contribution in [2.45, 2.75) is 33.2 Å². The summed E-state index contributed by atoms with van der Waals surface area (Å²) in [5.74, 6) is 0.273. The van der Waals surface area contributed by atoms with Gasteiger partial charge in [-0.2, -0.15) is 4.68 Å². The standard InChI is InChI=1S/C25H23F3N4O3.H3NO2S/c1-16(2)13-15-31-14-5-8-21(24(31)34)29-22-19-6-3-4-7-20(19)23(33)32(30-22)17-9-11-18(12-10-17)35-25(26,27)28;1-4(2)3/h3-12,14,16H,13,15H2,1-2H3,(H,29,30);1H2,(H,2,3)/p-1. The van der Waals surface area contributed by atoms with Crippen molar-refractivity contribution in [3.8, 4) is 11.4 Å². The Balaban J connectivity index is 0.000000983. The number of alkyl halides is 3. The summed E-state index contributed by atoms with van der Waals surface area (Å²) in [5.41, 5.74) is -0.169. The molecule has 2 heterocycles. The van der Waals surface area contributed by atoms with Gasteiger partial charge >= 0.3 is 6.36 Å². The van der Waals surface area contributed by atoms with Crippen LogP contribution in [0.4, 0.5) is 24.7 Å². The van der Waals surface area contributed by atoms with Crippen molar-refractivity contribution in [2.75, 3.05) is 5.32 Å². The highest BCUT2D eigenvalue weighted by atomic mass is 32.2. The SMILES string of the molecule is CC(C)CCn1cccc(Nc2nn(-c3ccc(OC(F)(F)F)cc3)c(=O)c3ccccc23)c1=O.NS(=O)[O-]. The van der Waals surface area contributed by atoms with Crippen LogP contribution >= 0.6 is 0 Å².